The summed E-state index contributed by atoms with van der Waals surface area (Å²) in [7, 11) is -2.25. The summed E-state index contributed by atoms with van der Waals surface area (Å²) in [6.07, 6.45) is 1.78. The summed E-state index contributed by atoms with van der Waals surface area (Å²) >= 11 is 0. The van der Waals surface area contributed by atoms with Crippen molar-refractivity contribution in [2.75, 3.05) is 18.4 Å². The molecule has 0 heterocycles. The van der Waals surface area contributed by atoms with Gasteiger partial charge in [0, 0.05) is 12.7 Å². The Hall–Kier alpha value is -1.67. The maximum absolute atomic E-state index is 14.3. The van der Waals surface area contributed by atoms with E-state index in [4.69, 9.17) is 4.74 Å². The average Bonchev–Trinajstić information content (AvgIpc) is 3.33. The molecule has 2 aliphatic carbocycles. The van der Waals surface area contributed by atoms with Gasteiger partial charge >= 0.3 is 5.97 Å². The van der Waals surface area contributed by atoms with Gasteiger partial charge in [-0.3, -0.25) is 9.52 Å². The predicted molar refractivity (Wildman–Crippen MR) is 81.3 cm³/mol. The van der Waals surface area contributed by atoms with Gasteiger partial charge in [0.25, 0.3) is 0 Å². The van der Waals surface area contributed by atoms with E-state index in [0.717, 1.165) is 6.07 Å². The summed E-state index contributed by atoms with van der Waals surface area (Å²) in [5.41, 5.74) is -0.962. The Morgan fingerprint density at radius 1 is 1.35 bits per heavy atom. The molecule has 2 fully saturated rings. The number of carboxylic acids is 1. The topological polar surface area (TPSA) is 92.7 Å². The van der Waals surface area contributed by atoms with Crippen LogP contribution >= 0.6 is 0 Å². The monoisotopic (exact) mass is 343 g/mol. The van der Waals surface area contributed by atoms with Crippen molar-refractivity contribution in [1.29, 1.82) is 0 Å². The van der Waals surface area contributed by atoms with Gasteiger partial charge in [0.1, 0.15) is 10.6 Å². The van der Waals surface area contributed by atoms with Crippen LogP contribution in [-0.2, 0) is 25.0 Å². The van der Waals surface area contributed by atoms with Crippen molar-refractivity contribution in [3.05, 3.63) is 29.6 Å². The molecular formula is C15H18FNO5S. The Morgan fingerprint density at radius 2 is 2.00 bits per heavy atom. The van der Waals surface area contributed by atoms with Crippen molar-refractivity contribution >= 4 is 21.7 Å². The Kier molecular flexibility index (Phi) is 3.64. The number of hydrogen-bond acceptors (Lipinski definition) is 4. The van der Waals surface area contributed by atoms with Gasteiger partial charge in [-0.25, -0.2) is 12.8 Å². The molecule has 0 spiro atoms. The number of methoxy groups -OCH3 is 1. The quantitative estimate of drug-likeness (QED) is 0.788. The number of sulfonamides is 1. The van der Waals surface area contributed by atoms with Gasteiger partial charge in [0.15, 0.2) is 0 Å². The number of rotatable bonds is 7. The highest BCUT2D eigenvalue weighted by atomic mass is 32.2. The number of nitrogens with one attached hydrogen (secondary N) is 1. The van der Waals surface area contributed by atoms with Crippen molar-refractivity contribution in [2.45, 2.75) is 35.8 Å². The van der Waals surface area contributed by atoms with Gasteiger partial charge in [-0.15, -0.1) is 0 Å². The summed E-state index contributed by atoms with van der Waals surface area (Å²) in [6.45, 7) is 0.0883. The fourth-order valence-electron chi connectivity index (χ4n) is 2.85. The molecule has 0 radical (unpaired) electrons. The lowest BCUT2D eigenvalue weighted by Gasteiger charge is -2.18. The van der Waals surface area contributed by atoms with Gasteiger partial charge in [-0.05, 0) is 37.8 Å². The van der Waals surface area contributed by atoms with Crippen molar-refractivity contribution < 1.29 is 27.4 Å². The molecule has 2 N–H and O–H groups in total. The van der Waals surface area contributed by atoms with E-state index in [9.17, 15) is 22.7 Å². The highest BCUT2D eigenvalue weighted by Gasteiger charge is 2.55. The van der Waals surface area contributed by atoms with Gasteiger partial charge in [0.2, 0.25) is 10.0 Å². The molecule has 23 heavy (non-hydrogen) atoms. The third-order valence-corrected chi connectivity index (χ3v) is 6.85. The van der Waals surface area contributed by atoms with Crippen LogP contribution in [0.2, 0.25) is 0 Å². The molecular weight excluding hydrogens is 325 g/mol. The van der Waals surface area contributed by atoms with Crippen LogP contribution in [0.25, 0.3) is 0 Å². The van der Waals surface area contributed by atoms with Crippen LogP contribution in [0.1, 0.15) is 31.2 Å². The molecule has 0 bridgehead atoms. The Balaban J connectivity index is 1.83. The molecule has 6 nitrogen and oxygen atoms in total. The first-order valence-corrected chi connectivity index (χ1v) is 8.79. The minimum absolute atomic E-state index is 0.0883. The first-order chi connectivity index (χ1) is 10.8. The molecule has 0 aromatic heterocycles. The smallest absolute Gasteiger partial charge is 0.314 e. The number of aliphatic carboxylic acids is 1. The zero-order valence-corrected chi connectivity index (χ0v) is 13.5. The van der Waals surface area contributed by atoms with Crippen molar-refractivity contribution in [3.63, 3.8) is 0 Å². The van der Waals surface area contributed by atoms with E-state index in [1.165, 1.54) is 19.2 Å². The zero-order chi connectivity index (χ0) is 16.9. The highest BCUT2D eigenvalue weighted by molar-refractivity contribution is 7.94. The number of hydrogen-bond donors (Lipinski definition) is 2. The summed E-state index contributed by atoms with van der Waals surface area (Å²) in [4.78, 5) is 11.3. The molecule has 1 aromatic rings. The maximum Gasteiger partial charge on any atom is 0.314 e. The first kappa shape index (κ1) is 16.2. The summed E-state index contributed by atoms with van der Waals surface area (Å²) in [5.74, 6) is -1.76. The van der Waals surface area contributed by atoms with Gasteiger partial charge in [-0.2, -0.15) is 0 Å². The molecule has 126 valence electrons. The number of ether oxygens (including phenoxy) is 1. The molecule has 0 aliphatic heterocycles. The zero-order valence-electron chi connectivity index (χ0n) is 12.6. The lowest BCUT2D eigenvalue weighted by Crippen LogP contribution is -2.33. The molecule has 0 saturated heterocycles. The van der Waals surface area contributed by atoms with E-state index in [2.05, 4.69) is 4.72 Å². The number of halogens is 1. The van der Waals surface area contributed by atoms with E-state index in [1.807, 2.05) is 0 Å². The van der Waals surface area contributed by atoms with Gasteiger partial charge < -0.3 is 9.84 Å². The van der Waals surface area contributed by atoms with Crippen LogP contribution in [0.15, 0.2) is 18.2 Å². The predicted octanol–water partition coefficient (Wildman–Crippen LogP) is 1.86. The molecule has 3 rings (SSSR count). The molecule has 2 saturated carbocycles. The van der Waals surface area contributed by atoms with E-state index < -0.39 is 32.0 Å². The van der Waals surface area contributed by atoms with Crippen molar-refractivity contribution in [1.82, 2.24) is 0 Å². The van der Waals surface area contributed by atoms with Gasteiger partial charge in [0.05, 0.1) is 17.7 Å². The van der Waals surface area contributed by atoms with Crippen LogP contribution in [0, 0.1) is 5.82 Å². The van der Waals surface area contributed by atoms with E-state index in [0.29, 0.717) is 25.7 Å². The average molecular weight is 343 g/mol. The van der Waals surface area contributed by atoms with E-state index >= 15 is 0 Å². The van der Waals surface area contributed by atoms with Crippen LogP contribution in [-0.4, -0.2) is 38.0 Å². The normalized spacial score (nSPS) is 20.8. The van der Waals surface area contributed by atoms with Crippen LogP contribution < -0.4 is 4.72 Å². The molecule has 0 atom stereocenters. The van der Waals surface area contributed by atoms with E-state index in [1.54, 1.807) is 0 Å². The lowest BCUT2D eigenvalue weighted by atomic mass is 9.95. The molecule has 0 amide bonds. The number of carbonyl (C=O) groups is 1. The fourth-order valence-corrected chi connectivity index (χ4v) is 4.41. The van der Waals surface area contributed by atoms with Gasteiger partial charge in [-0.1, -0.05) is 6.07 Å². The molecule has 8 heteroatoms. The minimum Gasteiger partial charge on any atom is -0.481 e. The van der Waals surface area contributed by atoms with Crippen molar-refractivity contribution in [2.24, 2.45) is 0 Å². The second kappa shape index (κ2) is 5.17. The Bertz CT molecular complexity index is 753. The Morgan fingerprint density at radius 3 is 2.43 bits per heavy atom. The number of anilines is 1. The van der Waals surface area contributed by atoms with Crippen molar-refractivity contribution in [3.8, 4) is 0 Å². The fraction of sp³-hybridized carbons (Fsp3) is 0.533. The summed E-state index contributed by atoms with van der Waals surface area (Å²) in [5, 5.41) is 9.22. The minimum atomic E-state index is -3.69. The molecule has 2 aliphatic rings. The summed E-state index contributed by atoms with van der Waals surface area (Å²) in [6, 6.07) is 3.80. The van der Waals surface area contributed by atoms with E-state index in [-0.39, 0.29) is 17.9 Å². The SMILES string of the molecule is COCC1(S(=O)(=O)Nc2ccc(C3(C(=O)O)CC3)c(F)c2)CC1. The second-order valence-electron chi connectivity index (χ2n) is 6.30. The second-order valence-corrected chi connectivity index (χ2v) is 8.38. The van der Waals surface area contributed by atoms with Crippen LogP contribution in [0.4, 0.5) is 10.1 Å². The third kappa shape index (κ3) is 2.59. The number of benzene rings is 1. The largest absolute Gasteiger partial charge is 0.481 e. The Labute approximate surface area is 133 Å². The molecule has 0 unspecified atom stereocenters. The summed E-state index contributed by atoms with van der Waals surface area (Å²) < 4.78 is 45.4. The standard InChI is InChI=1S/C15H18FNO5S/c1-22-9-14(4-5-14)23(20,21)17-10-2-3-11(12(16)8-10)15(6-7-15)13(18)19/h2-3,8,17H,4-7,9H2,1H3,(H,18,19). The molecule has 1 aromatic carbocycles. The maximum atomic E-state index is 14.3. The number of carboxylic acid groups (broad SMARTS) is 1. The first-order valence-electron chi connectivity index (χ1n) is 7.31. The lowest BCUT2D eigenvalue weighted by molar-refractivity contribution is -0.140. The van der Waals surface area contributed by atoms with Crippen LogP contribution in [0.5, 0.6) is 0 Å². The highest BCUT2D eigenvalue weighted by Crippen LogP contribution is 2.50. The van der Waals surface area contributed by atoms with Crippen LogP contribution in [0.3, 0.4) is 0 Å². The third-order valence-electron chi connectivity index (χ3n) is 4.68.